The molecule has 1 heterocycles. The Labute approximate surface area is 155 Å². The molecule has 2 aromatic carbocycles. The van der Waals surface area contributed by atoms with Crippen molar-refractivity contribution in [3.05, 3.63) is 77.3 Å². The average Bonchev–Trinajstić information content (AvgIpc) is 2.65. The molecular weight excluding hydrogens is 355 g/mol. The van der Waals surface area contributed by atoms with Crippen molar-refractivity contribution < 1.29 is 13.9 Å². The Morgan fingerprint density at radius 2 is 1.92 bits per heavy atom. The summed E-state index contributed by atoms with van der Waals surface area (Å²) >= 11 is 6.01. The third-order valence-electron chi connectivity index (χ3n) is 3.84. The molecule has 1 aromatic heterocycles. The number of aromatic nitrogens is 1. The highest BCUT2D eigenvalue weighted by Crippen LogP contribution is 2.32. The molecule has 26 heavy (non-hydrogen) atoms. The fourth-order valence-electron chi connectivity index (χ4n) is 2.60. The first kappa shape index (κ1) is 17.9. The van der Waals surface area contributed by atoms with Crippen molar-refractivity contribution in [2.75, 3.05) is 12.4 Å². The van der Waals surface area contributed by atoms with Crippen LogP contribution in [-0.2, 0) is 11.2 Å². The topological polar surface area (TPSA) is 51.2 Å². The molecule has 3 aromatic rings. The number of hydrogen-bond donors (Lipinski definition) is 1. The van der Waals surface area contributed by atoms with Gasteiger partial charge in [0.1, 0.15) is 11.6 Å². The summed E-state index contributed by atoms with van der Waals surface area (Å²) in [6.07, 6.45) is 3.38. The third-order valence-corrected chi connectivity index (χ3v) is 4.20. The third kappa shape index (κ3) is 4.18. The fourth-order valence-corrected chi connectivity index (χ4v) is 2.78. The molecule has 1 amide bonds. The molecule has 3 rings (SSSR count). The van der Waals surface area contributed by atoms with Crippen molar-refractivity contribution in [1.82, 2.24) is 4.98 Å². The second-order valence-corrected chi connectivity index (χ2v) is 6.02. The Morgan fingerprint density at radius 1 is 1.15 bits per heavy atom. The van der Waals surface area contributed by atoms with Crippen LogP contribution in [0.2, 0.25) is 5.02 Å². The number of amides is 1. The number of rotatable bonds is 5. The molecule has 6 heteroatoms. The molecule has 0 saturated carbocycles. The number of ether oxygens (including phenoxy) is 1. The van der Waals surface area contributed by atoms with E-state index in [0.29, 0.717) is 22.0 Å². The maximum absolute atomic E-state index is 13.3. The van der Waals surface area contributed by atoms with E-state index < -0.39 is 5.82 Å². The lowest BCUT2D eigenvalue weighted by Gasteiger charge is -2.12. The monoisotopic (exact) mass is 370 g/mol. The summed E-state index contributed by atoms with van der Waals surface area (Å²) in [6.45, 7) is 0. The van der Waals surface area contributed by atoms with Gasteiger partial charge in [-0.3, -0.25) is 9.78 Å². The predicted molar refractivity (Wildman–Crippen MR) is 100.0 cm³/mol. The zero-order chi connectivity index (χ0) is 18.5. The van der Waals surface area contributed by atoms with E-state index >= 15 is 0 Å². The Hall–Kier alpha value is -2.92. The molecule has 0 spiro atoms. The average molecular weight is 371 g/mol. The van der Waals surface area contributed by atoms with E-state index in [1.807, 2.05) is 18.2 Å². The maximum atomic E-state index is 13.3. The second-order valence-electron chi connectivity index (χ2n) is 5.61. The number of carbonyl (C=O) groups is 1. The van der Waals surface area contributed by atoms with Crippen LogP contribution in [0.5, 0.6) is 5.75 Å². The number of hydrogen-bond acceptors (Lipinski definition) is 3. The van der Waals surface area contributed by atoms with Crippen molar-refractivity contribution in [3.63, 3.8) is 0 Å². The minimum absolute atomic E-state index is 0.0228. The van der Waals surface area contributed by atoms with Crippen molar-refractivity contribution in [2.24, 2.45) is 0 Å². The van der Waals surface area contributed by atoms with Crippen LogP contribution < -0.4 is 10.1 Å². The number of benzene rings is 2. The number of pyridine rings is 1. The van der Waals surface area contributed by atoms with E-state index in [4.69, 9.17) is 16.3 Å². The molecule has 0 aliphatic heterocycles. The first-order valence-corrected chi connectivity index (χ1v) is 8.27. The van der Waals surface area contributed by atoms with E-state index in [2.05, 4.69) is 10.3 Å². The molecule has 0 radical (unpaired) electrons. The van der Waals surface area contributed by atoms with Crippen LogP contribution in [0, 0.1) is 5.82 Å². The second kappa shape index (κ2) is 7.97. The summed E-state index contributed by atoms with van der Waals surface area (Å²) in [5.74, 6) is -0.102. The Kier molecular flexibility index (Phi) is 5.49. The van der Waals surface area contributed by atoms with Gasteiger partial charge >= 0.3 is 0 Å². The summed E-state index contributed by atoms with van der Waals surface area (Å²) in [6, 6.07) is 13.1. The lowest BCUT2D eigenvalue weighted by molar-refractivity contribution is -0.115. The summed E-state index contributed by atoms with van der Waals surface area (Å²) in [4.78, 5) is 16.3. The number of carbonyl (C=O) groups excluding carboxylic acids is 1. The van der Waals surface area contributed by atoms with Crippen molar-refractivity contribution in [2.45, 2.75) is 6.42 Å². The van der Waals surface area contributed by atoms with Crippen LogP contribution in [-0.4, -0.2) is 18.0 Å². The molecule has 0 saturated heterocycles. The van der Waals surface area contributed by atoms with Crippen LogP contribution >= 0.6 is 11.6 Å². The summed E-state index contributed by atoms with van der Waals surface area (Å²) in [5, 5.41) is 3.13. The maximum Gasteiger partial charge on any atom is 0.228 e. The van der Waals surface area contributed by atoms with E-state index in [1.54, 1.807) is 31.6 Å². The van der Waals surface area contributed by atoms with E-state index in [-0.39, 0.29) is 12.3 Å². The molecule has 0 fully saturated rings. The molecule has 0 atom stereocenters. The normalized spacial score (nSPS) is 10.4. The molecule has 0 bridgehead atoms. The number of nitrogens with zero attached hydrogens (tertiary/aromatic N) is 1. The zero-order valence-electron chi connectivity index (χ0n) is 14.0. The summed E-state index contributed by atoms with van der Waals surface area (Å²) in [5.41, 5.74) is 2.86. The van der Waals surface area contributed by atoms with E-state index in [1.165, 1.54) is 18.2 Å². The Balaban J connectivity index is 1.77. The molecule has 0 unspecified atom stereocenters. The zero-order valence-corrected chi connectivity index (χ0v) is 14.8. The van der Waals surface area contributed by atoms with Gasteiger partial charge in [-0.2, -0.15) is 0 Å². The van der Waals surface area contributed by atoms with Crippen LogP contribution in [0.15, 0.2) is 60.9 Å². The number of methoxy groups -OCH3 is 1. The largest absolute Gasteiger partial charge is 0.496 e. The molecule has 132 valence electrons. The highest BCUT2D eigenvalue weighted by atomic mass is 35.5. The van der Waals surface area contributed by atoms with Crippen LogP contribution in [0.25, 0.3) is 11.1 Å². The molecule has 1 N–H and O–H groups in total. The van der Waals surface area contributed by atoms with E-state index in [9.17, 15) is 9.18 Å². The number of anilines is 1. The number of halogens is 2. The number of nitrogens with one attached hydrogen (secondary N) is 1. The van der Waals surface area contributed by atoms with Crippen molar-refractivity contribution in [1.29, 1.82) is 0 Å². The first-order valence-electron chi connectivity index (χ1n) is 7.89. The minimum atomic E-state index is -0.430. The first-order chi connectivity index (χ1) is 12.6. The minimum Gasteiger partial charge on any atom is -0.496 e. The summed E-state index contributed by atoms with van der Waals surface area (Å²) < 4.78 is 18.8. The van der Waals surface area contributed by atoms with Crippen molar-refractivity contribution >= 4 is 23.2 Å². The van der Waals surface area contributed by atoms with Crippen molar-refractivity contribution in [3.8, 4) is 16.9 Å². The Morgan fingerprint density at radius 3 is 2.65 bits per heavy atom. The summed E-state index contributed by atoms with van der Waals surface area (Å²) in [7, 11) is 1.57. The standard InChI is InChI=1S/C20H16ClFN2O2/c1-26-19-12-16(3-4-17(19)13-6-8-23-9-7-13)24-20(25)11-14-10-15(22)2-5-18(14)21/h2-10,12H,11H2,1H3,(H,24,25). The van der Waals surface area contributed by atoms with Gasteiger partial charge < -0.3 is 10.1 Å². The molecular formula is C20H16ClFN2O2. The predicted octanol–water partition coefficient (Wildman–Crippen LogP) is 4.73. The van der Waals surface area contributed by atoms with Gasteiger partial charge in [0.2, 0.25) is 5.91 Å². The van der Waals surface area contributed by atoms with Gasteiger partial charge in [-0.25, -0.2) is 4.39 Å². The lowest BCUT2D eigenvalue weighted by atomic mass is 10.1. The molecule has 4 nitrogen and oxygen atoms in total. The lowest BCUT2D eigenvalue weighted by Crippen LogP contribution is -2.14. The van der Waals surface area contributed by atoms with Gasteiger partial charge in [-0.15, -0.1) is 0 Å². The van der Waals surface area contributed by atoms with Gasteiger partial charge in [0, 0.05) is 34.7 Å². The van der Waals surface area contributed by atoms with Crippen LogP contribution in [0.4, 0.5) is 10.1 Å². The fraction of sp³-hybridized carbons (Fsp3) is 0.100. The van der Waals surface area contributed by atoms with Gasteiger partial charge in [0.25, 0.3) is 0 Å². The smallest absolute Gasteiger partial charge is 0.228 e. The van der Waals surface area contributed by atoms with Gasteiger partial charge in [0.05, 0.1) is 13.5 Å². The highest BCUT2D eigenvalue weighted by Gasteiger charge is 2.11. The highest BCUT2D eigenvalue weighted by molar-refractivity contribution is 6.31. The van der Waals surface area contributed by atoms with Crippen LogP contribution in [0.1, 0.15) is 5.56 Å². The van der Waals surface area contributed by atoms with E-state index in [0.717, 1.165) is 11.1 Å². The molecule has 0 aliphatic carbocycles. The molecule has 0 aliphatic rings. The SMILES string of the molecule is COc1cc(NC(=O)Cc2cc(F)ccc2Cl)ccc1-c1ccncc1. The van der Waals surface area contributed by atoms with Gasteiger partial charge in [-0.05, 0) is 53.6 Å². The van der Waals surface area contributed by atoms with Crippen LogP contribution in [0.3, 0.4) is 0 Å². The quantitative estimate of drug-likeness (QED) is 0.706. The van der Waals surface area contributed by atoms with Gasteiger partial charge in [-0.1, -0.05) is 11.6 Å². The van der Waals surface area contributed by atoms with Gasteiger partial charge in [0.15, 0.2) is 0 Å². The Bertz CT molecular complexity index is 932.